The van der Waals surface area contributed by atoms with Crippen LogP contribution in [-0.4, -0.2) is 53.1 Å². The average Bonchev–Trinajstić information content (AvgIpc) is 3.01. The van der Waals surface area contributed by atoms with Crippen molar-refractivity contribution in [2.24, 2.45) is 0 Å². The highest BCUT2D eigenvalue weighted by Gasteiger charge is 2.18. The van der Waals surface area contributed by atoms with Gasteiger partial charge in [-0.25, -0.2) is 0 Å². The summed E-state index contributed by atoms with van der Waals surface area (Å²) in [5.41, 5.74) is -0.306. The van der Waals surface area contributed by atoms with Crippen LogP contribution in [0.15, 0.2) is 36.5 Å². The molecular formula is C36H74N2O4S. The van der Waals surface area contributed by atoms with Crippen LogP contribution < -0.4 is 10.6 Å². The predicted molar refractivity (Wildman–Crippen MR) is 195 cm³/mol. The van der Waals surface area contributed by atoms with Crippen molar-refractivity contribution in [3.63, 3.8) is 0 Å². The maximum Gasteiger partial charge on any atom is 0.229 e. The van der Waals surface area contributed by atoms with E-state index in [1.54, 1.807) is 0 Å². The number of carbonyl (C=O) groups is 2. The van der Waals surface area contributed by atoms with Crippen LogP contribution in [0.3, 0.4) is 0 Å². The fraction of sp³-hybridized carbons (Fsp3) is 0.778. The number of rotatable bonds is 21. The van der Waals surface area contributed by atoms with E-state index in [0.717, 1.165) is 64.3 Å². The Kier molecular flexibility index (Phi) is 56.2. The van der Waals surface area contributed by atoms with Crippen molar-refractivity contribution >= 4 is 24.4 Å². The van der Waals surface area contributed by atoms with Crippen LogP contribution in [0.1, 0.15) is 152 Å². The van der Waals surface area contributed by atoms with Gasteiger partial charge in [0.15, 0.2) is 0 Å². The monoisotopic (exact) mass is 631 g/mol. The first-order valence-electron chi connectivity index (χ1n) is 17.1. The lowest BCUT2D eigenvalue weighted by atomic mass is 10.0. The van der Waals surface area contributed by atoms with Gasteiger partial charge in [-0.2, -0.15) is 12.6 Å². The first-order chi connectivity index (χ1) is 20.7. The summed E-state index contributed by atoms with van der Waals surface area (Å²) >= 11 is 3.81. The Hall–Kier alpha value is -1.57. The van der Waals surface area contributed by atoms with Gasteiger partial charge >= 0.3 is 0 Å². The van der Waals surface area contributed by atoms with Gasteiger partial charge in [0, 0.05) is 31.7 Å². The summed E-state index contributed by atoms with van der Waals surface area (Å²) in [7, 11) is 0. The molecule has 0 saturated carbocycles. The van der Waals surface area contributed by atoms with Crippen molar-refractivity contribution in [1.82, 2.24) is 10.6 Å². The fourth-order valence-corrected chi connectivity index (χ4v) is 3.26. The van der Waals surface area contributed by atoms with Crippen LogP contribution in [0.4, 0.5) is 0 Å². The molecule has 0 heterocycles. The third-order valence-corrected chi connectivity index (χ3v) is 5.78. The molecular weight excluding hydrogens is 556 g/mol. The molecule has 0 saturated heterocycles. The van der Waals surface area contributed by atoms with Gasteiger partial charge in [-0.1, -0.05) is 111 Å². The predicted octanol–water partition coefficient (Wildman–Crippen LogP) is 9.13. The third-order valence-electron chi connectivity index (χ3n) is 5.49. The zero-order valence-electron chi connectivity index (χ0n) is 29.9. The van der Waals surface area contributed by atoms with Crippen LogP contribution in [0.2, 0.25) is 0 Å². The molecule has 258 valence electrons. The first kappa shape index (κ1) is 51.0. The molecule has 6 nitrogen and oxygen atoms in total. The third kappa shape index (κ3) is 56.8. The Morgan fingerprint density at radius 2 is 1.21 bits per heavy atom. The molecule has 43 heavy (non-hydrogen) atoms. The van der Waals surface area contributed by atoms with E-state index < -0.39 is 0 Å². The normalized spacial score (nSPS) is 10.5. The van der Waals surface area contributed by atoms with Crippen LogP contribution >= 0.6 is 12.6 Å². The Bertz CT molecular complexity index is 618. The molecule has 0 aromatic rings. The van der Waals surface area contributed by atoms with Crippen molar-refractivity contribution in [2.45, 2.75) is 158 Å². The van der Waals surface area contributed by atoms with Gasteiger partial charge in [0.1, 0.15) is 0 Å². The number of unbranched alkanes of at least 4 members (excludes halogenated alkanes) is 6. The van der Waals surface area contributed by atoms with Gasteiger partial charge in [0.25, 0.3) is 0 Å². The second kappa shape index (κ2) is 47.4. The molecule has 0 aliphatic carbocycles. The standard InChI is InChI=1S/C23H41NO2.C6H13NOS.C3H8O.2C2H6/c1-4-5-6-7-8-9-10-11-12-13-14-15-16-17-18-19-22(26)24-23(2,3)20-21-25;1-2-3-4-7-6(8)5-9;1-2-3-4;2*1-2/h5-6,8-9,11-12,25H,4,7,10,13-21H2,1-3H3,(H,24,26);9H,2-5H2,1H3,(H,7,8);4H,2-3H2,1H3;2*1-2H3/b6-5-,9-8-,12-11-;;;;. The van der Waals surface area contributed by atoms with Crippen LogP contribution in [0.25, 0.3) is 0 Å². The van der Waals surface area contributed by atoms with E-state index in [0.29, 0.717) is 25.2 Å². The Morgan fingerprint density at radius 3 is 1.70 bits per heavy atom. The number of aliphatic hydroxyl groups is 2. The molecule has 7 heteroatoms. The summed E-state index contributed by atoms with van der Waals surface area (Å²) in [6.45, 7) is 19.3. The highest BCUT2D eigenvalue weighted by Crippen LogP contribution is 2.11. The maximum atomic E-state index is 11.9. The second-order valence-electron chi connectivity index (χ2n) is 10.1. The molecule has 2 amide bonds. The number of hydrogen-bond acceptors (Lipinski definition) is 5. The molecule has 0 atom stereocenters. The van der Waals surface area contributed by atoms with Gasteiger partial charge in [0.05, 0.1) is 5.75 Å². The molecule has 0 unspecified atom stereocenters. The van der Waals surface area contributed by atoms with Crippen LogP contribution in [0, 0.1) is 0 Å². The molecule has 4 N–H and O–H groups in total. The molecule has 0 rings (SSSR count). The number of aliphatic hydroxyl groups excluding tert-OH is 2. The molecule has 0 radical (unpaired) electrons. The number of allylic oxidation sites excluding steroid dienone is 6. The van der Waals surface area contributed by atoms with Crippen molar-refractivity contribution in [1.29, 1.82) is 0 Å². The smallest absolute Gasteiger partial charge is 0.229 e. The van der Waals surface area contributed by atoms with E-state index in [1.165, 1.54) is 19.3 Å². The minimum Gasteiger partial charge on any atom is -0.396 e. The summed E-state index contributed by atoms with van der Waals surface area (Å²) < 4.78 is 0. The summed E-state index contributed by atoms with van der Waals surface area (Å²) in [4.78, 5) is 22.4. The second-order valence-corrected chi connectivity index (χ2v) is 10.4. The van der Waals surface area contributed by atoms with E-state index in [-0.39, 0.29) is 24.0 Å². The summed E-state index contributed by atoms with van der Waals surface area (Å²) in [5.74, 6) is 0.417. The van der Waals surface area contributed by atoms with E-state index in [4.69, 9.17) is 10.2 Å². The van der Waals surface area contributed by atoms with Gasteiger partial charge in [-0.05, 0) is 71.6 Å². The van der Waals surface area contributed by atoms with Gasteiger partial charge in [0.2, 0.25) is 11.8 Å². The van der Waals surface area contributed by atoms with Gasteiger partial charge in [-0.3, -0.25) is 9.59 Å². The summed E-state index contributed by atoms with van der Waals surface area (Å²) in [5, 5.41) is 22.6. The van der Waals surface area contributed by atoms with Crippen molar-refractivity contribution in [3.8, 4) is 0 Å². The van der Waals surface area contributed by atoms with Crippen molar-refractivity contribution < 1.29 is 19.8 Å². The number of nitrogens with one attached hydrogen (secondary N) is 2. The average molecular weight is 631 g/mol. The molecule has 0 fully saturated rings. The van der Waals surface area contributed by atoms with Crippen LogP contribution in [0.5, 0.6) is 0 Å². The molecule has 0 bridgehead atoms. The van der Waals surface area contributed by atoms with Crippen molar-refractivity contribution in [3.05, 3.63) is 36.5 Å². The lowest BCUT2D eigenvalue weighted by Crippen LogP contribution is -2.43. The molecule has 0 spiro atoms. The summed E-state index contributed by atoms with van der Waals surface area (Å²) in [6, 6.07) is 0. The Morgan fingerprint density at radius 1 is 0.698 bits per heavy atom. The number of amides is 2. The highest BCUT2D eigenvalue weighted by atomic mass is 32.1. The Balaban J connectivity index is -0.000000232. The largest absolute Gasteiger partial charge is 0.396 e. The Labute approximate surface area is 274 Å². The molecule has 0 aromatic carbocycles. The SMILES string of the molecule is CC.CC.CC/C=C\C/C=C\C/C=C\CCCCCCCC(=O)NC(C)(C)CCO.CCCCNC(=O)CS.CCCO. The number of hydrogen-bond donors (Lipinski definition) is 5. The molecule has 0 aliphatic heterocycles. The highest BCUT2D eigenvalue weighted by molar-refractivity contribution is 7.81. The minimum atomic E-state index is -0.306. The quantitative estimate of drug-likeness (QED) is 0.0496. The number of carbonyl (C=O) groups excluding carboxylic acids is 2. The van der Waals surface area contributed by atoms with E-state index in [9.17, 15) is 9.59 Å². The van der Waals surface area contributed by atoms with E-state index >= 15 is 0 Å². The topological polar surface area (TPSA) is 98.7 Å². The lowest BCUT2D eigenvalue weighted by Gasteiger charge is -2.25. The van der Waals surface area contributed by atoms with E-state index in [2.05, 4.69) is 73.6 Å². The van der Waals surface area contributed by atoms with Crippen LogP contribution in [-0.2, 0) is 9.59 Å². The molecule has 0 aromatic heterocycles. The lowest BCUT2D eigenvalue weighted by molar-refractivity contribution is -0.123. The zero-order chi connectivity index (χ0) is 34.0. The minimum absolute atomic E-state index is 0.0202. The molecule has 0 aliphatic rings. The maximum absolute atomic E-state index is 11.9. The van der Waals surface area contributed by atoms with Gasteiger partial charge < -0.3 is 20.8 Å². The van der Waals surface area contributed by atoms with Crippen molar-refractivity contribution in [2.75, 3.05) is 25.5 Å². The van der Waals surface area contributed by atoms with E-state index in [1.807, 2.05) is 48.5 Å². The van der Waals surface area contributed by atoms with Gasteiger partial charge in [-0.15, -0.1) is 0 Å². The first-order valence-corrected chi connectivity index (χ1v) is 17.7. The summed E-state index contributed by atoms with van der Waals surface area (Å²) in [6.07, 6.45) is 27.7. The zero-order valence-corrected chi connectivity index (χ0v) is 30.7. The fourth-order valence-electron chi connectivity index (χ4n) is 3.15. The number of thiol groups is 1.